The number of pyridine rings is 1. The number of carbonyl (C=O) groups is 1. The summed E-state index contributed by atoms with van der Waals surface area (Å²) in [7, 11) is 0. The van der Waals surface area contributed by atoms with E-state index in [-0.39, 0.29) is 5.91 Å². The summed E-state index contributed by atoms with van der Waals surface area (Å²) in [4.78, 5) is 24.0. The van der Waals surface area contributed by atoms with E-state index < -0.39 is 0 Å². The van der Waals surface area contributed by atoms with Crippen molar-refractivity contribution in [3.05, 3.63) is 76.0 Å². The molecule has 1 aromatic heterocycles. The van der Waals surface area contributed by atoms with Crippen LogP contribution in [0.3, 0.4) is 0 Å². The van der Waals surface area contributed by atoms with Crippen LogP contribution in [0.4, 0.5) is 11.4 Å². The van der Waals surface area contributed by atoms with Gasteiger partial charge < -0.3 is 9.80 Å². The summed E-state index contributed by atoms with van der Waals surface area (Å²) in [6, 6.07) is 15.2. The fourth-order valence-electron chi connectivity index (χ4n) is 5.75. The highest BCUT2D eigenvalue weighted by Crippen LogP contribution is 2.39. The fourth-order valence-corrected chi connectivity index (χ4v) is 5.75. The van der Waals surface area contributed by atoms with Crippen molar-refractivity contribution in [3.8, 4) is 11.3 Å². The van der Waals surface area contributed by atoms with Crippen LogP contribution in [0.5, 0.6) is 0 Å². The molecule has 0 radical (unpaired) electrons. The van der Waals surface area contributed by atoms with Crippen molar-refractivity contribution in [3.63, 3.8) is 0 Å². The first kappa shape index (κ1) is 25.5. The van der Waals surface area contributed by atoms with Gasteiger partial charge in [-0.25, -0.2) is 0 Å². The minimum atomic E-state index is 0.0951. The third-order valence-electron chi connectivity index (χ3n) is 8.04. The molecular formula is C33H41N3O. The van der Waals surface area contributed by atoms with Gasteiger partial charge in [-0.1, -0.05) is 51.1 Å². The molecule has 0 atom stereocenters. The number of hydrogen-bond acceptors (Lipinski definition) is 3. The van der Waals surface area contributed by atoms with E-state index in [4.69, 9.17) is 4.98 Å². The van der Waals surface area contributed by atoms with Crippen LogP contribution in [0.2, 0.25) is 0 Å². The molecule has 2 heterocycles. The number of aromatic nitrogens is 1. The fraction of sp³-hybridized carbons (Fsp3) is 0.455. The van der Waals surface area contributed by atoms with Gasteiger partial charge in [-0.2, -0.15) is 0 Å². The van der Waals surface area contributed by atoms with Crippen molar-refractivity contribution >= 4 is 17.3 Å². The maximum absolute atomic E-state index is 14.3. The molecule has 4 nitrogen and oxygen atoms in total. The second-order valence-corrected chi connectivity index (χ2v) is 11.4. The van der Waals surface area contributed by atoms with Gasteiger partial charge >= 0.3 is 0 Å². The van der Waals surface area contributed by atoms with Gasteiger partial charge in [-0.15, -0.1) is 0 Å². The zero-order valence-corrected chi connectivity index (χ0v) is 23.4. The van der Waals surface area contributed by atoms with Gasteiger partial charge in [0.1, 0.15) is 0 Å². The van der Waals surface area contributed by atoms with Crippen LogP contribution in [0.1, 0.15) is 84.3 Å². The van der Waals surface area contributed by atoms with Crippen LogP contribution in [-0.4, -0.2) is 30.5 Å². The summed E-state index contributed by atoms with van der Waals surface area (Å²) in [5, 5.41) is 0. The number of fused-ring (bicyclic) bond motifs is 1. The van der Waals surface area contributed by atoms with Crippen molar-refractivity contribution in [1.29, 1.82) is 0 Å². The largest absolute Gasteiger partial charge is 0.371 e. The van der Waals surface area contributed by atoms with Gasteiger partial charge in [-0.05, 0) is 86.3 Å². The van der Waals surface area contributed by atoms with Gasteiger partial charge in [0.05, 0.1) is 22.6 Å². The van der Waals surface area contributed by atoms with Gasteiger partial charge in [0.15, 0.2) is 0 Å². The zero-order chi connectivity index (χ0) is 26.3. The Morgan fingerprint density at radius 1 is 1.00 bits per heavy atom. The van der Waals surface area contributed by atoms with Crippen molar-refractivity contribution in [2.24, 2.45) is 5.92 Å². The summed E-state index contributed by atoms with van der Waals surface area (Å²) in [6.07, 6.45) is 4.40. The minimum absolute atomic E-state index is 0.0951. The number of aryl methyl sites for hydroxylation is 3. The van der Waals surface area contributed by atoms with Crippen LogP contribution in [0, 0.1) is 26.7 Å². The number of carbonyl (C=O) groups excluding carboxylic acids is 1. The van der Waals surface area contributed by atoms with E-state index in [2.05, 4.69) is 88.9 Å². The summed E-state index contributed by atoms with van der Waals surface area (Å²) in [5.41, 5.74) is 10.9. The smallest absolute Gasteiger partial charge is 0.262 e. The first-order chi connectivity index (χ1) is 17.8. The first-order valence-electron chi connectivity index (χ1n) is 14.1. The van der Waals surface area contributed by atoms with E-state index in [0.29, 0.717) is 12.5 Å². The number of hydrogen-bond donors (Lipinski definition) is 0. The van der Waals surface area contributed by atoms with E-state index in [9.17, 15) is 4.79 Å². The van der Waals surface area contributed by atoms with Crippen LogP contribution < -0.4 is 9.80 Å². The van der Waals surface area contributed by atoms with Crippen LogP contribution >= 0.6 is 0 Å². The molecule has 1 aliphatic heterocycles. The first-order valence-corrected chi connectivity index (χ1v) is 14.1. The van der Waals surface area contributed by atoms with Crippen molar-refractivity contribution in [1.82, 2.24) is 4.98 Å². The normalized spacial score (nSPS) is 15.3. The third-order valence-corrected chi connectivity index (χ3v) is 8.04. The highest BCUT2D eigenvalue weighted by atomic mass is 16.2. The zero-order valence-electron chi connectivity index (χ0n) is 23.4. The molecule has 1 aliphatic carbocycles. The molecule has 5 rings (SSSR count). The highest BCUT2D eigenvalue weighted by Gasteiger charge is 2.34. The summed E-state index contributed by atoms with van der Waals surface area (Å²) in [5.74, 6) is 1.25. The van der Waals surface area contributed by atoms with Gasteiger partial charge in [0.25, 0.3) is 5.91 Å². The quantitative estimate of drug-likeness (QED) is 0.322. The third kappa shape index (κ3) is 5.03. The highest BCUT2D eigenvalue weighted by molar-refractivity contribution is 6.12. The van der Waals surface area contributed by atoms with E-state index in [1.54, 1.807) is 0 Å². The lowest BCUT2D eigenvalue weighted by Gasteiger charge is -2.34. The summed E-state index contributed by atoms with van der Waals surface area (Å²) in [6.45, 7) is 15.7. The monoisotopic (exact) mass is 495 g/mol. The topological polar surface area (TPSA) is 36.4 Å². The molecule has 0 unspecified atom stereocenters. The van der Waals surface area contributed by atoms with E-state index >= 15 is 0 Å². The van der Waals surface area contributed by atoms with E-state index in [1.807, 2.05) is 4.90 Å². The summed E-state index contributed by atoms with van der Waals surface area (Å²) >= 11 is 0. The van der Waals surface area contributed by atoms with Gasteiger partial charge in [0, 0.05) is 37.3 Å². The Hall–Kier alpha value is -3.14. The Kier molecular flexibility index (Phi) is 7.11. The lowest BCUT2D eigenvalue weighted by molar-refractivity contribution is 0.0980. The number of rotatable bonds is 8. The van der Waals surface area contributed by atoms with Crippen molar-refractivity contribution in [2.75, 3.05) is 29.4 Å². The Morgan fingerprint density at radius 2 is 1.73 bits per heavy atom. The second-order valence-electron chi connectivity index (χ2n) is 11.4. The number of nitrogens with zero attached hydrogens (tertiary/aromatic N) is 3. The maximum atomic E-state index is 14.3. The standard InChI is InChI=1S/C33H41N3O/c1-7-16-35(20-25-12-13-25)30-19-28(31-23(5)9-8-10-24(31)6)34-27-15-17-36(33(37)32(27)30)29-18-26(21(2)3)14-11-22(29)4/h8-11,14,18-19,21,25H,7,12-13,15-17,20H2,1-6H3. The lowest BCUT2D eigenvalue weighted by atomic mass is 9.94. The molecule has 194 valence electrons. The summed E-state index contributed by atoms with van der Waals surface area (Å²) < 4.78 is 0. The minimum Gasteiger partial charge on any atom is -0.371 e. The average molecular weight is 496 g/mol. The van der Waals surface area contributed by atoms with Gasteiger partial charge in [0.2, 0.25) is 0 Å². The molecule has 0 spiro atoms. The maximum Gasteiger partial charge on any atom is 0.262 e. The van der Waals surface area contributed by atoms with Crippen LogP contribution in [0.25, 0.3) is 11.3 Å². The molecule has 3 aromatic rings. The Labute approximate surface area is 222 Å². The molecule has 2 aromatic carbocycles. The Balaban J connectivity index is 1.66. The molecule has 1 fully saturated rings. The Bertz CT molecular complexity index is 1300. The lowest BCUT2D eigenvalue weighted by Crippen LogP contribution is -2.41. The van der Waals surface area contributed by atoms with Crippen LogP contribution in [0.15, 0.2) is 42.5 Å². The van der Waals surface area contributed by atoms with Crippen LogP contribution in [-0.2, 0) is 6.42 Å². The molecular weight excluding hydrogens is 454 g/mol. The van der Waals surface area contributed by atoms with E-state index in [1.165, 1.54) is 35.1 Å². The molecule has 1 saturated carbocycles. The molecule has 37 heavy (non-hydrogen) atoms. The van der Waals surface area contributed by atoms with Gasteiger partial charge in [-0.3, -0.25) is 9.78 Å². The van der Waals surface area contributed by atoms with E-state index in [0.717, 1.165) is 65.7 Å². The number of amides is 1. The molecule has 2 aliphatic rings. The number of benzene rings is 2. The van der Waals surface area contributed by atoms with Crippen molar-refractivity contribution < 1.29 is 4.79 Å². The average Bonchev–Trinajstić information content (AvgIpc) is 3.68. The van der Waals surface area contributed by atoms with Crippen molar-refractivity contribution in [2.45, 2.75) is 73.1 Å². The molecule has 1 amide bonds. The Morgan fingerprint density at radius 3 is 2.38 bits per heavy atom. The number of anilines is 2. The molecule has 0 N–H and O–H groups in total. The molecule has 4 heteroatoms. The molecule has 0 bridgehead atoms. The predicted molar refractivity (Wildman–Crippen MR) is 155 cm³/mol. The predicted octanol–water partition coefficient (Wildman–Crippen LogP) is 7.63. The SMILES string of the molecule is CCCN(CC1CC1)c1cc(-c2c(C)cccc2C)nc2c1C(=O)N(c1cc(C(C)C)ccc1C)CC2. The molecule has 0 saturated heterocycles. The second kappa shape index (κ2) is 10.3.